The van der Waals surface area contributed by atoms with Gasteiger partial charge in [-0.1, -0.05) is 12.1 Å². The number of anilines is 1. The Hall–Kier alpha value is -2.18. The van der Waals surface area contributed by atoms with Crippen LogP contribution in [0.3, 0.4) is 0 Å². The molecule has 2 unspecified atom stereocenters. The van der Waals surface area contributed by atoms with Crippen molar-refractivity contribution in [2.75, 3.05) is 18.5 Å². The molecule has 1 aromatic carbocycles. The molecule has 2 atom stereocenters. The molecular weight excluding hydrogens is 256 g/mol. The molecule has 0 saturated carbocycles. The molecule has 3 N–H and O–H groups in total. The molecule has 3 rings (SSSR count). The molecule has 1 aromatic heterocycles. The van der Waals surface area contributed by atoms with Crippen LogP contribution in [-0.2, 0) is 9.53 Å². The third-order valence-corrected chi connectivity index (χ3v) is 3.37. The first-order chi connectivity index (χ1) is 9.75. The molecule has 1 amide bonds. The largest absolute Gasteiger partial charge is 0.379 e. The summed E-state index contributed by atoms with van der Waals surface area (Å²) < 4.78 is 6.94. The van der Waals surface area contributed by atoms with Crippen LogP contribution < -0.4 is 11.1 Å². The Morgan fingerprint density at radius 2 is 2.20 bits per heavy atom. The van der Waals surface area contributed by atoms with Crippen molar-refractivity contribution in [1.29, 1.82) is 0 Å². The van der Waals surface area contributed by atoms with E-state index >= 15 is 0 Å². The molecule has 104 valence electrons. The molecule has 0 bridgehead atoms. The molecule has 1 aliphatic heterocycles. The Morgan fingerprint density at radius 1 is 1.35 bits per heavy atom. The number of hydrogen-bond acceptors (Lipinski definition) is 4. The van der Waals surface area contributed by atoms with Crippen molar-refractivity contribution in [2.45, 2.75) is 6.04 Å². The number of rotatable bonds is 3. The lowest BCUT2D eigenvalue weighted by Gasteiger charge is -2.15. The summed E-state index contributed by atoms with van der Waals surface area (Å²) in [6.45, 7) is 0.801. The van der Waals surface area contributed by atoms with Gasteiger partial charge in [-0.2, -0.15) is 5.10 Å². The van der Waals surface area contributed by atoms with E-state index in [4.69, 9.17) is 10.5 Å². The van der Waals surface area contributed by atoms with Gasteiger partial charge in [0.15, 0.2) is 0 Å². The first-order valence-electron chi connectivity index (χ1n) is 6.49. The summed E-state index contributed by atoms with van der Waals surface area (Å²) in [5.74, 6) is -0.421. The van der Waals surface area contributed by atoms with Gasteiger partial charge in [-0.3, -0.25) is 4.79 Å². The topological polar surface area (TPSA) is 82.2 Å². The number of nitrogens with one attached hydrogen (secondary N) is 1. The Morgan fingerprint density at radius 3 is 2.90 bits per heavy atom. The highest BCUT2D eigenvalue weighted by Gasteiger charge is 2.31. The number of hydrogen-bond donors (Lipinski definition) is 2. The molecule has 0 spiro atoms. The van der Waals surface area contributed by atoms with Crippen LogP contribution in [0.5, 0.6) is 0 Å². The highest BCUT2D eigenvalue weighted by Crippen LogP contribution is 2.21. The highest BCUT2D eigenvalue weighted by atomic mass is 16.5. The van der Waals surface area contributed by atoms with E-state index in [1.165, 1.54) is 0 Å². The summed E-state index contributed by atoms with van der Waals surface area (Å²) in [5.41, 5.74) is 7.39. The smallest absolute Gasteiger partial charge is 0.231 e. The predicted molar refractivity (Wildman–Crippen MR) is 74.5 cm³/mol. The number of para-hydroxylation sites is 2. The summed E-state index contributed by atoms with van der Waals surface area (Å²) >= 11 is 0. The fourth-order valence-electron chi connectivity index (χ4n) is 2.26. The van der Waals surface area contributed by atoms with Crippen LogP contribution in [0.15, 0.2) is 42.7 Å². The second-order valence-electron chi connectivity index (χ2n) is 4.76. The van der Waals surface area contributed by atoms with E-state index in [9.17, 15) is 4.79 Å². The van der Waals surface area contributed by atoms with Crippen LogP contribution in [0.1, 0.15) is 0 Å². The van der Waals surface area contributed by atoms with Crippen LogP contribution in [0.4, 0.5) is 5.69 Å². The molecule has 20 heavy (non-hydrogen) atoms. The zero-order valence-electron chi connectivity index (χ0n) is 10.9. The Bertz CT molecular complexity index is 597. The van der Waals surface area contributed by atoms with Crippen molar-refractivity contribution in [3.05, 3.63) is 42.7 Å². The van der Waals surface area contributed by atoms with Gasteiger partial charge in [0.1, 0.15) is 0 Å². The van der Waals surface area contributed by atoms with Gasteiger partial charge in [0.05, 0.1) is 30.5 Å². The zero-order valence-corrected chi connectivity index (χ0v) is 10.9. The number of carbonyl (C=O) groups excluding carboxylic acids is 1. The first kappa shape index (κ1) is 12.8. The number of ether oxygens (including phenoxy) is 1. The molecule has 0 radical (unpaired) electrons. The van der Waals surface area contributed by atoms with Gasteiger partial charge in [-0.15, -0.1) is 0 Å². The standard InChI is InChI=1S/C14H16N4O2/c15-11-9-20-8-10(11)14(19)17-12-4-1-2-5-13(12)18-7-3-6-16-18/h1-7,10-11H,8-9,15H2,(H,17,19). The number of amides is 1. The maximum Gasteiger partial charge on any atom is 0.231 e. The Labute approximate surface area is 116 Å². The van der Waals surface area contributed by atoms with Gasteiger partial charge in [-0.25, -0.2) is 4.68 Å². The van der Waals surface area contributed by atoms with E-state index in [1.54, 1.807) is 10.9 Å². The average Bonchev–Trinajstić information content (AvgIpc) is 3.10. The number of carbonyl (C=O) groups is 1. The molecule has 6 heteroatoms. The van der Waals surface area contributed by atoms with Gasteiger partial charge in [-0.05, 0) is 18.2 Å². The van der Waals surface area contributed by atoms with Gasteiger partial charge in [0, 0.05) is 18.4 Å². The van der Waals surface area contributed by atoms with E-state index in [0.29, 0.717) is 18.9 Å². The number of nitrogens with zero attached hydrogens (tertiary/aromatic N) is 2. The second-order valence-corrected chi connectivity index (χ2v) is 4.76. The summed E-state index contributed by atoms with van der Waals surface area (Å²) in [4.78, 5) is 12.2. The molecule has 2 heterocycles. The molecule has 1 aliphatic rings. The van der Waals surface area contributed by atoms with E-state index in [1.807, 2.05) is 36.5 Å². The van der Waals surface area contributed by atoms with Gasteiger partial charge < -0.3 is 15.8 Å². The van der Waals surface area contributed by atoms with Crippen LogP contribution in [-0.4, -0.2) is 34.9 Å². The van der Waals surface area contributed by atoms with Crippen molar-refractivity contribution in [3.8, 4) is 5.69 Å². The number of aromatic nitrogens is 2. The van der Waals surface area contributed by atoms with E-state index in [-0.39, 0.29) is 17.9 Å². The first-order valence-corrected chi connectivity index (χ1v) is 6.49. The minimum atomic E-state index is -0.305. The van der Waals surface area contributed by atoms with E-state index in [0.717, 1.165) is 5.69 Å². The van der Waals surface area contributed by atoms with Gasteiger partial charge in [0.25, 0.3) is 0 Å². The Kier molecular flexibility index (Phi) is 3.49. The monoisotopic (exact) mass is 272 g/mol. The summed E-state index contributed by atoms with van der Waals surface area (Å²) in [6.07, 6.45) is 3.52. The van der Waals surface area contributed by atoms with Crippen LogP contribution in [0, 0.1) is 5.92 Å². The van der Waals surface area contributed by atoms with Crippen LogP contribution in [0.2, 0.25) is 0 Å². The van der Waals surface area contributed by atoms with Crippen molar-refractivity contribution in [2.24, 2.45) is 11.7 Å². The summed E-state index contributed by atoms with van der Waals surface area (Å²) in [5, 5.41) is 7.09. The van der Waals surface area contributed by atoms with Crippen LogP contribution >= 0.6 is 0 Å². The number of benzene rings is 1. The fraction of sp³-hybridized carbons (Fsp3) is 0.286. The van der Waals surface area contributed by atoms with E-state index < -0.39 is 0 Å². The lowest BCUT2D eigenvalue weighted by atomic mass is 10.0. The minimum absolute atomic E-state index is 0.116. The molecule has 1 fully saturated rings. The predicted octanol–water partition coefficient (Wildman–Crippen LogP) is 0.784. The lowest BCUT2D eigenvalue weighted by molar-refractivity contribution is -0.120. The second kappa shape index (κ2) is 5.44. The molecule has 1 saturated heterocycles. The minimum Gasteiger partial charge on any atom is -0.379 e. The molecule has 6 nitrogen and oxygen atoms in total. The van der Waals surface area contributed by atoms with Gasteiger partial charge in [0.2, 0.25) is 5.91 Å². The molecule has 2 aromatic rings. The summed E-state index contributed by atoms with van der Waals surface area (Å²) in [7, 11) is 0. The molecular formula is C14H16N4O2. The zero-order chi connectivity index (χ0) is 13.9. The van der Waals surface area contributed by atoms with Crippen LogP contribution in [0.25, 0.3) is 5.69 Å². The maximum atomic E-state index is 12.2. The fourth-order valence-corrected chi connectivity index (χ4v) is 2.26. The molecule has 0 aliphatic carbocycles. The van der Waals surface area contributed by atoms with Gasteiger partial charge >= 0.3 is 0 Å². The number of nitrogens with two attached hydrogens (primary N) is 1. The van der Waals surface area contributed by atoms with Crippen molar-refractivity contribution >= 4 is 11.6 Å². The van der Waals surface area contributed by atoms with Crippen molar-refractivity contribution in [3.63, 3.8) is 0 Å². The van der Waals surface area contributed by atoms with E-state index in [2.05, 4.69) is 10.4 Å². The Balaban J connectivity index is 1.83. The normalized spacial score (nSPS) is 21.9. The summed E-state index contributed by atoms with van der Waals surface area (Å²) in [6, 6.07) is 9.10. The average molecular weight is 272 g/mol. The lowest BCUT2D eigenvalue weighted by Crippen LogP contribution is -2.37. The quantitative estimate of drug-likeness (QED) is 0.865. The third-order valence-electron chi connectivity index (χ3n) is 3.37. The highest BCUT2D eigenvalue weighted by molar-refractivity contribution is 5.95. The SMILES string of the molecule is NC1COCC1C(=O)Nc1ccccc1-n1cccn1. The van der Waals surface area contributed by atoms with Crippen molar-refractivity contribution in [1.82, 2.24) is 9.78 Å². The maximum absolute atomic E-state index is 12.2. The third kappa shape index (κ3) is 2.43. The van der Waals surface area contributed by atoms with Crippen molar-refractivity contribution < 1.29 is 9.53 Å².